The molecule has 0 aliphatic rings. The molecule has 1 aromatic carbocycles. The lowest BCUT2D eigenvalue weighted by Crippen LogP contribution is -2.14. The van der Waals surface area contributed by atoms with Gasteiger partial charge in [-0.15, -0.1) is 3.89 Å². The van der Waals surface area contributed by atoms with Gasteiger partial charge in [0.15, 0.2) is 0 Å². The van der Waals surface area contributed by atoms with E-state index in [1.807, 2.05) is 0 Å². The van der Waals surface area contributed by atoms with E-state index >= 15 is 0 Å². The Balaban J connectivity index is 2.34. The van der Waals surface area contributed by atoms with Crippen molar-refractivity contribution in [2.45, 2.75) is 11.8 Å². The van der Waals surface area contributed by atoms with Crippen LogP contribution in [0, 0.1) is 6.92 Å². The van der Waals surface area contributed by atoms with Crippen LogP contribution in [0.4, 0.5) is 9.57 Å². The van der Waals surface area contributed by atoms with Crippen LogP contribution in [0.3, 0.4) is 0 Å². The number of anilines is 1. The monoisotopic (exact) mass is 294 g/mol. The summed E-state index contributed by atoms with van der Waals surface area (Å²) >= 11 is 0. The van der Waals surface area contributed by atoms with Gasteiger partial charge in [-0.05, 0) is 31.2 Å². The topological polar surface area (TPSA) is 76.1 Å². The number of benzene rings is 1. The van der Waals surface area contributed by atoms with Gasteiger partial charge in [0.25, 0.3) is 5.91 Å². The van der Waals surface area contributed by atoms with Crippen molar-refractivity contribution in [2.75, 3.05) is 5.32 Å². The molecule has 0 saturated carbocycles. The predicted molar refractivity (Wildman–Crippen MR) is 71.7 cm³/mol. The molecule has 0 unspecified atom stereocenters. The van der Waals surface area contributed by atoms with E-state index in [-0.39, 0.29) is 5.69 Å². The second-order valence-corrected chi connectivity index (χ2v) is 5.39. The summed E-state index contributed by atoms with van der Waals surface area (Å²) in [5, 5.41) is 2.37. The number of aryl methyl sites for hydroxylation is 1. The maximum atomic E-state index is 13.1. The van der Waals surface area contributed by atoms with Gasteiger partial charge >= 0.3 is 10.2 Å². The molecule has 1 aromatic heterocycles. The maximum Gasteiger partial charge on any atom is 0.334 e. The van der Waals surface area contributed by atoms with Crippen LogP contribution in [0.5, 0.6) is 0 Å². The second kappa shape index (κ2) is 5.38. The molecule has 0 radical (unpaired) electrons. The summed E-state index contributed by atoms with van der Waals surface area (Å²) in [6.07, 6.45) is 1.46. The highest BCUT2D eigenvalue weighted by atomic mass is 32.3. The van der Waals surface area contributed by atoms with Gasteiger partial charge in [0, 0.05) is 17.5 Å². The summed E-state index contributed by atoms with van der Waals surface area (Å²) in [7, 11) is -4.90. The van der Waals surface area contributed by atoms with E-state index in [2.05, 4.69) is 10.3 Å². The van der Waals surface area contributed by atoms with Gasteiger partial charge in [-0.2, -0.15) is 8.42 Å². The molecule has 1 heterocycles. The fourth-order valence-corrected chi connectivity index (χ4v) is 2.29. The van der Waals surface area contributed by atoms with E-state index in [9.17, 15) is 17.1 Å². The molecule has 7 heteroatoms. The van der Waals surface area contributed by atoms with Crippen LogP contribution in [-0.4, -0.2) is 19.3 Å². The first-order chi connectivity index (χ1) is 9.38. The number of hydrogen-bond donors (Lipinski definition) is 1. The average molecular weight is 294 g/mol. The number of nitrogens with one attached hydrogen (secondary N) is 1. The normalized spacial score (nSPS) is 11.1. The van der Waals surface area contributed by atoms with Crippen molar-refractivity contribution >= 4 is 21.8 Å². The molecule has 0 fully saturated rings. The standard InChI is InChI=1S/C13H11FN2O3S/c1-9-8-10(6-7-15-9)13(17)16-11-4-2-3-5-12(11)20(14,18)19/h2-8H,1H3,(H,16,17). The zero-order chi connectivity index (χ0) is 14.8. The highest BCUT2D eigenvalue weighted by Gasteiger charge is 2.18. The Morgan fingerprint density at radius 3 is 2.60 bits per heavy atom. The Morgan fingerprint density at radius 1 is 1.25 bits per heavy atom. The van der Waals surface area contributed by atoms with Gasteiger partial charge in [-0.1, -0.05) is 12.1 Å². The van der Waals surface area contributed by atoms with E-state index in [4.69, 9.17) is 0 Å². The molecule has 0 atom stereocenters. The first-order valence-corrected chi connectivity index (χ1v) is 7.04. The third-order valence-corrected chi connectivity index (χ3v) is 3.44. The van der Waals surface area contributed by atoms with E-state index < -0.39 is 21.0 Å². The van der Waals surface area contributed by atoms with E-state index in [0.29, 0.717) is 11.3 Å². The minimum Gasteiger partial charge on any atom is -0.321 e. The summed E-state index contributed by atoms with van der Waals surface area (Å²) in [5.41, 5.74) is 0.849. The lowest BCUT2D eigenvalue weighted by Gasteiger charge is -2.08. The molecule has 20 heavy (non-hydrogen) atoms. The van der Waals surface area contributed by atoms with E-state index in [1.165, 1.54) is 30.5 Å². The molecule has 2 rings (SSSR count). The summed E-state index contributed by atoms with van der Waals surface area (Å²) < 4.78 is 35.1. The second-order valence-electron chi connectivity index (χ2n) is 4.07. The van der Waals surface area contributed by atoms with Crippen LogP contribution >= 0.6 is 0 Å². The van der Waals surface area contributed by atoms with Crippen molar-refractivity contribution in [2.24, 2.45) is 0 Å². The Kier molecular flexibility index (Phi) is 3.80. The fourth-order valence-electron chi connectivity index (χ4n) is 1.66. The molecule has 104 valence electrons. The Labute approximate surface area is 115 Å². The van der Waals surface area contributed by atoms with Crippen molar-refractivity contribution in [1.29, 1.82) is 0 Å². The van der Waals surface area contributed by atoms with Crippen LogP contribution in [-0.2, 0) is 10.2 Å². The summed E-state index contributed by atoms with van der Waals surface area (Å²) in [6, 6.07) is 8.30. The van der Waals surface area contributed by atoms with Gasteiger partial charge in [0.1, 0.15) is 4.90 Å². The largest absolute Gasteiger partial charge is 0.334 e. The van der Waals surface area contributed by atoms with Crippen molar-refractivity contribution < 1.29 is 17.1 Å². The lowest BCUT2D eigenvalue weighted by atomic mass is 10.2. The highest BCUT2D eigenvalue weighted by molar-refractivity contribution is 7.86. The maximum absolute atomic E-state index is 13.1. The molecular weight excluding hydrogens is 283 g/mol. The highest BCUT2D eigenvalue weighted by Crippen LogP contribution is 2.23. The SMILES string of the molecule is Cc1cc(C(=O)Nc2ccccc2S(=O)(=O)F)ccn1. The number of carbonyl (C=O) groups is 1. The lowest BCUT2D eigenvalue weighted by molar-refractivity contribution is 0.102. The molecule has 0 saturated heterocycles. The number of nitrogens with zero attached hydrogens (tertiary/aromatic N) is 1. The Bertz CT molecular complexity index is 760. The number of hydrogen-bond acceptors (Lipinski definition) is 4. The molecule has 0 aliphatic carbocycles. The third kappa shape index (κ3) is 3.18. The van der Waals surface area contributed by atoms with Crippen molar-refractivity contribution in [3.8, 4) is 0 Å². The van der Waals surface area contributed by atoms with Crippen LogP contribution in [0.25, 0.3) is 0 Å². The quantitative estimate of drug-likeness (QED) is 0.881. The van der Waals surface area contributed by atoms with E-state index in [1.54, 1.807) is 13.0 Å². The molecule has 2 aromatic rings. The van der Waals surface area contributed by atoms with Crippen molar-refractivity contribution in [3.05, 3.63) is 53.9 Å². The zero-order valence-electron chi connectivity index (χ0n) is 10.5. The summed E-state index contributed by atoms with van der Waals surface area (Å²) in [4.78, 5) is 15.4. The van der Waals surface area contributed by atoms with E-state index in [0.717, 1.165) is 6.07 Å². The van der Waals surface area contributed by atoms with Crippen molar-refractivity contribution in [1.82, 2.24) is 4.98 Å². The summed E-state index contributed by atoms with van der Waals surface area (Å²) in [5.74, 6) is -0.536. The molecule has 0 bridgehead atoms. The Morgan fingerprint density at radius 2 is 1.95 bits per heavy atom. The molecule has 0 aliphatic heterocycles. The number of halogens is 1. The molecule has 0 spiro atoms. The zero-order valence-corrected chi connectivity index (χ0v) is 11.3. The minimum absolute atomic E-state index is 0.102. The van der Waals surface area contributed by atoms with Crippen LogP contribution < -0.4 is 5.32 Å². The molecule has 1 amide bonds. The number of rotatable bonds is 3. The van der Waals surface area contributed by atoms with Crippen LogP contribution in [0.15, 0.2) is 47.5 Å². The van der Waals surface area contributed by atoms with Crippen LogP contribution in [0.2, 0.25) is 0 Å². The first-order valence-electron chi connectivity index (χ1n) is 5.65. The van der Waals surface area contributed by atoms with Crippen molar-refractivity contribution in [3.63, 3.8) is 0 Å². The average Bonchev–Trinajstić information content (AvgIpc) is 2.38. The molecular formula is C13H11FN2O3S. The third-order valence-electron chi connectivity index (χ3n) is 2.56. The van der Waals surface area contributed by atoms with Crippen LogP contribution in [0.1, 0.15) is 16.1 Å². The number of aromatic nitrogens is 1. The number of para-hydroxylation sites is 1. The summed E-state index contributed by atoms with van der Waals surface area (Å²) in [6.45, 7) is 1.72. The molecule has 1 N–H and O–H groups in total. The smallest absolute Gasteiger partial charge is 0.321 e. The van der Waals surface area contributed by atoms with Gasteiger partial charge in [0.2, 0.25) is 0 Å². The van der Waals surface area contributed by atoms with Gasteiger partial charge in [0.05, 0.1) is 5.69 Å². The van der Waals surface area contributed by atoms with Gasteiger partial charge in [-0.3, -0.25) is 9.78 Å². The fraction of sp³-hybridized carbons (Fsp3) is 0.0769. The van der Waals surface area contributed by atoms with Gasteiger partial charge in [-0.25, -0.2) is 0 Å². The predicted octanol–water partition coefficient (Wildman–Crippen LogP) is 2.30. The number of carbonyl (C=O) groups excluding carboxylic acids is 1. The minimum atomic E-state index is -4.90. The Hall–Kier alpha value is -2.28. The molecule has 5 nitrogen and oxygen atoms in total. The number of pyridine rings is 1. The number of amides is 1. The van der Waals surface area contributed by atoms with Gasteiger partial charge < -0.3 is 5.32 Å². The first kappa shape index (κ1) is 14.1.